The van der Waals surface area contributed by atoms with Gasteiger partial charge in [0.1, 0.15) is 5.75 Å². The smallest absolute Gasteiger partial charge is 0.324 e. The van der Waals surface area contributed by atoms with Gasteiger partial charge in [-0.3, -0.25) is 14.6 Å². The first kappa shape index (κ1) is 19.5. The normalized spacial score (nSPS) is 21.7. The first-order valence-corrected chi connectivity index (χ1v) is 10.1. The average Bonchev–Trinajstić information content (AvgIpc) is 2.75. The number of imide groups is 1. The van der Waals surface area contributed by atoms with E-state index in [0.29, 0.717) is 25.6 Å². The van der Waals surface area contributed by atoms with Crippen molar-refractivity contribution in [3.63, 3.8) is 0 Å². The summed E-state index contributed by atoms with van der Waals surface area (Å²) in [5.74, 6) is 0.963. The van der Waals surface area contributed by atoms with Crippen LogP contribution in [0, 0.1) is 11.8 Å². The molecule has 0 spiro atoms. The second-order valence-electron chi connectivity index (χ2n) is 7.93. The molecule has 0 unspecified atom stereocenters. The van der Waals surface area contributed by atoms with E-state index in [1.165, 1.54) is 10.5 Å². The number of urea groups is 1. The number of piperidine rings is 2. The minimum atomic E-state index is -0.294. The highest BCUT2D eigenvalue weighted by atomic mass is 16.5. The molecule has 2 aromatic carbocycles. The van der Waals surface area contributed by atoms with E-state index < -0.39 is 0 Å². The minimum Gasteiger partial charge on any atom is -0.497 e. The summed E-state index contributed by atoms with van der Waals surface area (Å²) in [5, 5.41) is 2.89. The Labute approximate surface area is 171 Å². The molecule has 6 nitrogen and oxygen atoms in total. The van der Waals surface area contributed by atoms with Crippen molar-refractivity contribution in [2.75, 3.05) is 26.7 Å². The lowest BCUT2D eigenvalue weighted by molar-refractivity contribution is -0.140. The fraction of sp³-hybridized carbons (Fsp3) is 0.391. The number of nitrogens with zero attached hydrogens (tertiary/aromatic N) is 2. The van der Waals surface area contributed by atoms with Crippen LogP contribution in [-0.4, -0.2) is 48.5 Å². The molecular formula is C23H27N3O3. The third-order valence-electron chi connectivity index (χ3n) is 5.77. The SMILES string of the molecule is COc1ccc(CNC(=O)N2C[C@H]3C[C@H](CN(Cc4ccccc4)C3)C2=O)cc1. The maximum atomic E-state index is 12.9. The van der Waals surface area contributed by atoms with Crippen molar-refractivity contribution < 1.29 is 14.3 Å². The molecule has 0 saturated carbocycles. The van der Waals surface area contributed by atoms with E-state index >= 15 is 0 Å². The summed E-state index contributed by atoms with van der Waals surface area (Å²) in [6.07, 6.45) is 0.881. The second-order valence-corrected chi connectivity index (χ2v) is 7.93. The van der Waals surface area contributed by atoms with Gasteiger partial charge in [0.25, 0.3) is 0 Å². The van der Waals surface area contributed by atoms with Crippen LogP contribution in [0.1, 0.15) is 17.5 Å². The topological polar surface area (TPSA) is 61.9 Å². The number of nitrogens with one attached hydrogen (secondary N) is 1. The summed E-state index contributed by atoms with van der Waals surface area (Å²) in [6, 6.07) is 17.6. The Balaban J connectivity index is 1.33. The van der Waals surface area contributed by atoms with Gasteiger partial charge < -0.3 is 10.1 Å². The monoisotopic (exact) mass is 393 g/mol. The number of rotatable bonds is 5. The Morgan fingerprint density at radius 1 is 1.03 bits per heavy atom. The van der Waals surface area contributed by atoms with E-state index in [9.17, 15) is 9.59 Å². The number of hydrogen-bond donors (Lipinski definition) is 1. The maximum Gasteiger partial charge on any atom is 0.324 e. The molecular weight excluding hydrogens is 366 g/mol. The van der Waals surface area contributed by atoms with Gasteiger partial charge in [0.2, 0.25) is 5.91 Å². The van der Waals surface area contributed by atoms with Crippen LogP contribution in [0.4, 0.5) is 4.79 Å². The summed E-state index contributed by atoms with van der Waals surface area (Å²) >= 11 is 0. The molecule has 2 saturated heterocycles. The largest absolute Gasteiger partial charge is 0.497 e. The van der Waals surface area contributed by atoms with Crippen LogP contribution in [0.15, 0.2) is 54.6 Å². The van der Waals surface area contributed by atoms with E-state index in [2.05, 4.69) is 22.3 Å². The minimum absolute atomic E-state index is 0.0498. The Morgan fingerprint density at radius 3 is 2.52 bits per heavy atom. The van der Waals surface area contributed by atoms with E-state index in [1.54, 1.807) is 7.11 Å². The van der Waals surface area contributed by atoms with Crippen molar-refractivity contribution in [3.8, 4) is 5.75 Å². The molecule has 2 heterocycles. The molecule has 6 heteroatoms. The first-order chi connectivity index (χ1) is 14.1. The molecule has 0 radical (unpaired) electrons. The van der Waals surface area contributed by atoms with E-state index in [-0.39, 0.29) is 17.9 Å². The van der Waals surface area contributed by atoms with E-state index in [1.807, 2.05) is 42.5 Å². The summed E-state index contributed by atoms with van der Waals surface area (Å²) in [5.41, 5.74) is 2.23. The van der Waals surface area contributed by atoms with Crippen LogP contribution >= 0.6 is 0 Å². The fourth-order valence-corrected chi connectivity index (χ4v) is 4.35. The molecule has 0 aromatic heterocycles. The van der Waals surface area contributed by atoms with E-state index in [0.717, 1.165) is 30.8 Å². The summed E-state index contributed by atoms with van der Waals surface area (Å²) in [4.78, 5) is 29.3. The lowest BCUT2D eigenvalue weighted by atomic mass is 9.84. The van der Waals surface area contributed by atoms with Crippen molar-refractivity contribution >= 4 is 11.9 Å². The summed E-state index contributed by atoms with van der Waals surface area (Å²) in [7, 11) is 1.62. The van der Waals surface area contributed by atoms with Gasteiger partial charge in [0.15, 0.2) is 0 Å². The molecule has 2 aliphatic rings. The van der Waals surface area contributed by atoms with E-state index in [4.69, 9.17) is 4.74 Å². The molecule has 2 aromatic rings. The zero-order valence-electron chi connectivity index (χ0n) is 16.7. The first-order valence-electron chi connectivity index (χ1n) is 10.1. The standard InChI is InChI=1S/C23H27N3O3/c1-29-21-9-7-17(8-10-21)12-24-23(28)26-15-19-11-20(22(26)27)16-25(14-19)13-18-5-3-2-4-6-18/h2-10,19-20H,11-16H2,1H3,(H,24,28)/t19-,20+/m0/s1. The van der Waals surface area contributed by atoms with Crippen LogP contribution in [0.2, 0.25) is 0 Å². The molecule has 2 fully saturated rings. The number of hydrogen-bond acceptors (Lipinski definition) is 4. The molecule has 0 aliphatic carbocycles. The average molecular weight is 393 g/mol. The van der Waals surface area contributed by atoms with Gasteiger partial charge >= 0.3 is 6.03 Å². The summed E-state index contributed by atoms with van der Waals surface area (Å²) in [6.45, 7) is 3.37. The molecule has 152 valence electrons. The van der Waals surface area contributed by atoms with Gasteiger partial charge in [0.05, 0.1) is 13.0 Å². The maximum absolute atomic E-state index is 12.9. The Morgan fingerprint density at radius 2 is 1.79 bits per heavy atom. The molecule has 2 atom stereocenters. The third kappa shape index (κ3) is 4.59. The van der Waals surface area contributed by atoms with Crippen LogP contribution in [0.25, 0.3) is 0 Å². The lowest BCUT2D eigenvalue weighted by Gasteiger charge is -2.44. The van der Waals surface area contributed by atoms with Crippen molar-refractivity contribution in [2.24, 2.45) is 11.8 Å². The third-order valence-corrected chi connectivity index (χ3v) is 5.77. The Kier molecular flexibility index (Phi) is 5.81. The highest BCUT2D eigenvalue weighted by molar-refractivity contribution is 5.96. The summed E-state index contributed by atoms with van der Waals surface area (Å²) < 4.78 is 5.15. The van der Waals surface area contributed by atoms with Crippen LogP contribution in [0.5, 0.6) is 5.75 Å². The zero-order valence-corrected chi connectivity index (χ0v) is 16.7. The van der Waals surface area contributed by atoms with Gasteiger partial charge in [-0.2, -0.15) is 0 Å². The lowest BCUT2D eigenvalue weighted by Crippen LogP contribution is -2.58. The van der Waals surface area contributed by atoms with Gasteiger partial charge in [0, 0.05) is 32.7 Å². The Hall–Kier alpha value is -2.86. The quantitative estimate of drug-likeness (QED) is 0.849. The van der Waals surface area contributed by atoms with Crippen LogP contribution in [0.3, 0.4) is 0 Å². The van der Waals surface area contributed by atoms with Gasteiger partial charge in [-0.1, -0.05) is 42.5 Å². The van der Waals surface area contributed by atoms with Crippen molar-refractivity contribution in [2.45, 2.75) is 19.5 Å². The number of carbonyl (C=O) groups excluding carboxylic acids is 2. The second kappa shape index (κ2) is 8.66. The predicted octanol–water partition coefficient (Wildman–Crippen LogP) is 2.89. The number of methoxy groups -OCH3 is 1. The number of ether oxygens (including phenoxy) is 1. The zero-order chi connectivity index (χ0) is 20.2. The molecule has 4 rings (SSSR count). The van der Waals surface area contributed by atoms with Crippen molar-refractivity contribution in [1.82, 2.24) is 15.1 Å². The van der Waals surface area contributed by atoms with Gasteiger partial charge in [-0.25, -0.2) is 4.79 Å². The highest BCUT2D eigenvalue weighted by Crippen LogP contribution is 2.30. The number of benzene rings is 2. The number of fused-ring (bicyclic) bond motifs is 2. The fourth-order valence-electron chi connectivity index (χ4n) is 4.35. The van der Waals surface area contributed by atoms with Gasteiger partial charge in [-0.05, 0) is 35.6 Å². The number of amides is 3. The number of likely N-dealkylation sites (tertiary alicyclic amines) is 2. The van der Waals surface area contributed by atoms with Crippen molar-refractivity contribution in [1.29, 1.82) is 0 Å². The highest BCUT2D eigenvalue weighted by Gasteiger charge is 2.41. The molecule has 1 N–H and O–H groups in total. The van der Waals surface area contributed by atoms with Crippen molar-refractivity contribution in [3.05, 3.63) is 65.7 Å². The van der Waals surface area contributed by atoms with Crippen LogP contribution in [-0.2, 0) is 17.9 Å². The molecule has 29 heavy (non-hydrogen) atoms. The molecule has 2 bridgehead atoms. The predicted molar refractivity (Wildman–Crippen MR) is 110 cm³/mol. The molecule has 3 amide bonds. The molecule has 2 aliphatic heterocycles. The van der Waals surface area contributed by atoms with Gasteiger partial charge in [-0.15, -0.1) is 0 Å². The number of carbonyl (C=O) groups is 2. The van der Waals surface area contributed by atoms with Crippen LogP contribution < -0.4 is 10.1 Å². The Bertz CT molecular complexity index is 853.